The molecule has 3 rings (SSSR count). The van der Waals surface area contributed by atoms with Crippen LogP contribution in [0.25, 0.3) is 5.69 Å². The van der Waals surface area contributed by atoms with Gasteiger partial charge >= 0.3 is 0 Å². The maximum absolute atomic E-state index is 12.2. The molecule has 8 nitrogen and oxygen atoms in total. The molecule has 1 aromatic carbocycles. The SMILES string of the molecule is CCc1nc(C(=O)Nc2ccccc2-n2cncn2)n[nH]1. The van der Waals surface area contributed by atoms with Gasteiger partial charge in [-0.1, -0.05) is 19.1 Å². The lowest BCUT2D eigenvalue weighted by Gasteiger charge is -2.09. The smallest absolute Gasteiger partial charge is 0.295 e. The average Bonchev–Trinajstić information content (AvgIpc) is 3.19. The lowest BCUT2D eigenvalue weighted by atomic mass is 10.2. The van der Waals surface area contributed by atoms with Gasteiger partial charge in [-0.15, -0.1) is 5.10 Å². The molecule has 0 aliphatic heterocycles. The summed E-state index contributed by atoms with van der Waals surface area (Å²) in [6.45, 7) is 1.93. The summed E-state index contributed by atoms with van der Waals surface area (Å²) in [4.78, 5) is 20.2. The van der Waals surface area contributed by atoms with Crippen LogP contribution in [0.4, 0.5) is 5.69 Å². The lowest BCUT2D eigenvalue weighted by molar-refractivity contribution is 0.101. The standard InChI is InChI=1S/C13H13N7O/c1-2-11-17-12(19-18-11)13(21)16-9-5-3-4-6-10(9)20-8-14-7-15-20/h3-8H,2H2,1H3,(H,16,21)(H,17,18,19). The highest BCUT2D eigenvalue weighted by Gasteiger charge is 2.14. The van der Waals surface area contributed by atoms with Crippen molar-refractivity contribution >= 4 is 11.6 Å². The van der Waals surface area contributed by atoms with Crippen molar-refractivity contribution in [3.05, 3.63) is 48.6 Å². The Bertz CT molecular complexity index is 747. The first-order valence-corrected chi connectivity index (χ1v) is 6.44. The Hall–Kier alpha value is -3.03. The number of para-hydroxylation sites is 2. The topological polar surface area (TPSA) is 101 Å². The number of hydrogen-bond acceptors (Lipinski definition) is 5. The van der Waals surface area contributed by atoms with Crippen LogP contribution in [0, 0.1) is 0 Å². The van der Waals surface area contributed by atoms with Crippen molar-refractivity contribution in [3.63, 3.8) is 0 Å². The number of benzene rings is 1. The van der Waals surface area contributed by atoms with Gasteiger partial charge in [0.15, 0.2) is 0 Å². The van der Waals surface area contributed by atoms with E-state index in [4.69, 9.17) is 0 Å². The van der Waals surface area contributed by atoms with Gasteiger partial charge < -0.3 is 5.32 Å². The van der Waals surface area contributed by atoms with Crippen LogP contribution in [-0.4, -0.2) is 35.9 Å². The van der Waals surface area contributed by atoms with E-state index in [1.165, 1.54) is 6.33 Å². The predicted octanol–water partition coefficient (Wildman–Crippen LogP) is 1.20. The van der Waals surface area contributed by atoms with Crippen LogP contribution in [0.5, 0.6) is 0 Å². The van der Waals surface area contributed by atoms with Gasteiger partial charge in [-0.3, -0.25) is 9.89 Å². The van der Waals surface area contributed by atoms with Gasteiger partial charge in [0.25, 0.3) is 5.91 Å². The third-order valence-electron chi connectivity index (χ3n) is 2.89. The molecule has 1 amide bonds. The molecule has 2 aromatic heterocycles. The molecule has 0 atom stereocenters. The Labute approximate surface area is 120 Å². The summed E-state index contributed by atoms with van der Waals surface area (Å²) in [6.07, 6.45) is 3.68. The van der Waals surface area contributed by atoms with Crippen LogP contribution in [0.1, 0.15) is 23.4 Å². The molecule has 2 heterocycles. The van der Waals surface area contributed by atoms with Crippen molar-refractivity contribution in [2.75, 3.05) is 5.32 Å². The summed E-state index contributed by atoms with van der Waals surface area (Å²) in [7, 11) is 0. The fourth-order valence-electron chi connectivity index (χ4n) is 1.84. The van der Waals surface area contributed by atoms with Crippen LogP contribution in [0.15, 0.2) is 36.9 Å². The third-order valence-corrected chi connectivity index (χ3v) is 2.89. The number of aryl methyl sites for hydroxylation is 1. The Morgan fingerprint density at radius 1 is 1.38 bits per heavy atom. The number of aromatic amines is 1. The van der Waals surface area contributed by atoms with E-state index in [0.29, 0.717) is 17.9 Å². The highest BCUT2D eigenvalue weighted by molar-refractivity contribution is 6.02. The zero-order valence-corrected chi connectivity index (χ0v) is 11.3. The van der Waals surface area contributed by atoms with E-state index in [-0.39, 0.29) is 11.7 Å². The number of carbonyl (C=O) groups excluding carboxylic acids is 1. The first kappa shape index (κ1) is 13.0. The van der Waals surface area contributed by atoms with Gasteiger partial charge in [0.05, 0.1) is 11.4 Å². The molecule has 0 aliphatic rings. The van der Waals surface area contributed by atoms with Gasteiger partial charge in [-0.2, -0.15) is 5.10 Å². The number of nitrogens with zero attached hydrogens (tertiary/aromatic N) is 5. The normalized spacial score (nSPS) is 10.5. The van der Waals surface area contributed by atoms with Crippen LogP contribution in [-0.2, 0) is 6.42 Å². The van der Waals surface area contributed by atoms with E-state index >= 15 is 0 Å². The van der Waals surface area contributed by atoms with Gasteiger partial charge in [-0.05, 0) is 12.1 Å². The number of nitrogens with one attached hydrogen (secondary N) is 2. The number of aromatic nitrogens is 6. The minimum atomic E-state index is -0.376. The predicted molar refractivity (Wildman–Crippen MR) is 75.1 cm³/mol. The Morgan fingerprint density at radius 3 is 2.95 bits per heavy atom. The van der Waals surface area contributed by atoms with Gasteiger partial charge in [0, 0.05) is 6.42 Å². The molecule has 2 N–H and O–H groups in total. The number of hydrogen-bond donors (Lipinski definition) is 2. The Kier molecular flexibility index (Phi) is 3.42. The Morgan fingerprint density at radius 2 is 2.24 bits per heavy atom. The molecule has 8 heteroatoms. The molecule has 0 saturated heterocycles. The fourth-order valence-corrected chi connectivity index (χ4v) is 1.84. The maximum Gasteiger partial charge on any atom is 0.295 e. The second-order valence-corrected chi connectivity index (χ2v) is 4.27. The maximum atomic E-state index is 12.2. The summed E-state index contributed by atoms with van der Waals surface area (Å²) in [5.74, 6) is 0.406. The second kappa shape index (κ2) is 5.53. The van der Waals surface area contributed by atoms with Crippen molar-refractivity contribution in [3.8, 4) is 5.69 Å². The zero-order chi connectivity index (χ0) is 14.7. The van der Waals surface area contributed by atoms with Crippen LogP contribution >= 0.6 is 0 Å². The fraction of sp³-hybridized carbons (Fsp3) is 0.154. The number of anilines is 1. The number of carbonyl (C=O) groups is 1. The van der Waals surface area contributed by atoms with Crippen molar-refractivity contribution in [1.29, 1.82) is 0 Å². The molecule has 0 saturated carbocycles. The molecular formula is C13H13N7O. The first-order valence-electron chi connectivity index (χ1n) is 6.44. The molecular weight excluding hydrogens is 270 g/mol. The van der Waals surface area contributed by atoms with E-state index in [0.717, 1.165) is 5.69 Å². The molecule has 3 aromatic rings. The summed E-state index contributed by atoms with van der Waals surface area (Å²) < 4.78 is 1.57. The van der Waals surface area contributed by atoms with E-state index < -0.39 is 0 Å². The second-order valence-electron chi connectivity index (χ2n) is 4.27. The van der Waals surface area contributed by atoms with Crippen molar-refractivity contribution in [1.82, 2.24) is 29.9 Å². The van der Waals surface area contributed by atoms with Crippen molar-refractivity contribution in [2.24, 2.45) is 0 Å². The van der Waals surface area contributed by atoms with Gasteiger partial charge in [-0.25, -0.2) is 14.6 Å². The van der Waals surface area contributed by atoms with Crippen LogP contribution < -0.4 is 5.32 Å². The molecule has 0 aliphatic carbocycles. The largest absolute Gasteiger partial charge is 0.317 e. The van der Waals surface area contributed by atoms with Crippen LogP contribution in [0.2, 0.25) is 0 Å². The Balaban J connectivity index is 1.86. The zero-order valence-electron chi connectivity index (χ0n) is 11.3. The molecule has 0 unspecified atom stereocenters. The molecule has 0 spiro atoms. The van der Waals surface area contributed by atoms with E-state index in [1.807, 2.05) is 25.1 Å². The van der Waals surface area contributed by atoms with Gasteiger partial charge in [0.2, 0.25) is 5.82 Å². The van der Waals surface area contributed by atoms with E-state index in [2.05, 4.69) is 30.6 Å². The summed E-state index contributed by atoms with van der Waals surface area (Å²) in [5, 5.41) is 13.4. The van der Waals surface area contributed by atoms with E-state index in [1.54, 1.807) is 17.1 Å². The summed E-state index contributed by atoms with van der Waals surface area (Å²) in [6, 6.07) is 7.29. The molecule has 0 radical (unpaired) electrons. The number of rotatable bonds is 4. The van der Waals surface area contributed by atoms with Gasteiger partial charge in [0.1, 0.15) is 18.5 Å². The highest BCUT2D eigenvalue weighted by atomic mass is 16.2. The molecule has 21 heavy (non-hydrogen) atoms. The molecule has 106 valence electrons. The first-order chi connectivity index (χ1) is 10.3. The summed E-state index contributed by atoms with van der Waals surface area (Å²) in [5.41, 5.74) is 1.32. The summed E-state index contributed by atoms with van der Waals surface area (Å²) >= 11 is 0. The minimum absolute atomic E-state index is 0.111. The highest BCUT2D eigenvalue weighted by Crippen LogP contribution is 2.19. The van der Waals surface area contributed by atoms with E-state index in [9.17, 15) is 4.79 Å². The lowest BCUT2D eigenvalue weighted by Crippen LogP contribution is -2.15. The minimum Gasteiger partial charge on any atom is -0.317 e. The molecule has 0 fully saturated rings. The quantitative estimate of drug-likeness (QED) is 0.749. The molecule has 0 bridgehead atoms. The number of amides is 1. The average molecular weight is 283 g/mol. The number of H-pyrrole nitrogens is 1. The monoisotopic (exact) mass is 283 g/mol. The van der Waals surface area contributed by atoms with Crippen LogP contribution in [0.3, 0.4) is 0 Å². The van der Waals surface area contributed by atoms with Crippen molar-refractivity contribution < 1.29 is 4.79 Å². The van der Waals surface area contributed by atoms with Crippen molar-refractivity contribution in [2.45, 2.75) is 13.3 Å². The third kappa shape index (κ3) is 2.64.